The van der Waals surface area contributed by atoms with Crippen molar-refractivity contribution in [3.63, 3.8) is 0 Å². The largest absolute Gasteiger partial charge is 0.388 e. The molecule has 0 unspecified atom stereocenters. The molecule has 0 amide bonds. The molecular formula is C12H13BrN2O. The molecule has 0 atom stereocenters. The standard InChI is InChI=1S/C12H13BrN2O/c13-8-4-5-11-10(6-8)14-12(7-16)15(11)9-2-1-3-9/h4-6,9,16H,1-3,7H2. The molecule has 0 saturated heterocycles. The van der Waals surface area contributed by atoms with Crippen molar-refractivity contribution in [2.75, 3.05) is 0 Å². The zero-order valence-electron chi connectivity index (χ0n) is 8.86. The van der Waals surface area contributed by atoms with Crippen LogP contribution in [0.3, 0.4) is 0 Å². The molecule has 1 aliphatic carbocycles. The Morgan fingerprint density at radius 1 is 1.44 bits per heavy atom. The number of halogens is 1. The average molecular weight is 281 g/mol. The average Bonchev–Trinajstić information content (AvgIpc) is 2.54. The van der Waals surface area contributed by atoms with E-state index in [0.29, 0.717) is 6.04 Å². The van der Waals surface area contributed by atoms with Crippen molar-refractivity contribution in [1.29, 1.82) is 0 Å². The molecule has 2 aromatic rings. The molecule has 1 heterocycles. The van der Waals surface area contributed by atoms with Crippen LogP contribution in [0.5, 0.6) is 0 Å². The molecule has 1 aromatic heterocycles. The van der Waals surface area contributed by atoms with Gasteiger partial charge in [0.25, 0.3) is 0 Å². The van der Waals surface area contributed by atoms with Gasteiger partial charge in [0.15, 0.2) is 0 Å². The molecule has 0 bridgehead atoms. The summed E-state index contributed by atoms with van der Waals surface area (Å²) in [5.74, 6) is 0.790. The first kappa shape index (κ1) is 10.3. The van der Waals surface area contributed by atoms with Gasteiger partial charge in [-0.3, -0.25) is 0 Å². The summed E-state index contributed by atoms with van der Waals surface area (Å²) in [4.78, 5) is 4.48. The molecule has 0 aliphatic heterocycles. The van der Waals surface area contributed by atoms with Crippen LogP contribution in [-0.2, 0) is 6.61 Å². The maximum atomic E-state index is 9.36. The van der Waals surface area contributed by atoms with Crippen molar-refractivity contribution in [3.05, 3.63) is 28.5 Å². The summed E-state index contributed by atoms with van der Waals surface area (Å²) in [6, 6.07) is 6.64. The number of rotatable bonds is 2. The predicted molar refractivity (Wildman–Crippen MR) is 66.2 cm³/mol. The Bertz CT molecular complexity index is 531. The van der Waals surface area contributed by atoms with Crippen LogP contribution in [-0.4, -0.2) is 14.7 Å². The Morgan fingerprint density at radius 3 is 2.88 bits per heavy atom. The van der Waals surface area contributed by atoms with Crippen LogP contribution in [0.1, 0.15) is 31.1 Å². The zero-order valence-corrected chi connectivity index (χ0v) is 10.4. The molecule has 4 heteroatoms. The minimum absolute atomic E-state index is 0.0167. The van der Waals surface area contributed by atoms with Crippen LogP contribution in [0.15, 0.2) is 22.7 Å². The highest BCUT2D eigenvalue weighted by molar-refractivity contribution is 9.10. The molecule has 0 radical (unpaired) electrons. The third-order valence-electron chi connectivity index (χ3n) is 3.31. The Balaban J connectivity index is 2.22. The number of fused-ring (bicyclic) bond motifs is 1. The van der Waals surface area contributed by atoms with E-state index < -0.39 is 0 Å². The van der Waals surface area contributed by atoms with Gasteiger partial charge in [0.1, 0.15) is 12.4 Å². The number of hydrogen-bond acceptors (Lipinski definition) is 2. The fraction of sp³-hybridized carbons (Fsp3) is 0.417. The molecule has 3 rings (SSSR count). The van der Waals surface area contributed by atoms with Gasteiger partial charge >= 0.3 is 0 Å². The maximum absolute atomic E-state index is 9.36. The zero-order chi connectivity index (χ0) is 11.1. The van der Waals surface area contributed by atoms with Gasteiger partial charge in [-0.15, -0.1) is 0 Å². The first-order chi connectivity index (χ1) is 7.79. The Labute approximate surface area is 102 Å². The SMILES string of the molecule is OCc1nc2cc(Br)ccc2n1C1CCC1. The topological polar surface area (TPSA) is 38.1 Å². The van der Waals surface area contributed by atoms with Gasteiger partial charge in [0.05, 0.1) is 11.0 Å². The molecule has 0 spiro atoms. The summed E-state index contributed by atoms with van der Waals surface area (Å²) < 4.78 is 3.23. The normalized spacial score (nSPS) is 16.6. The first-order valence-electron chi connectivity index (χ1n) is 5.57. The van der Waals surface area contributed by atoms with Crippen LogP contribution in [0.25, 0.3) is 11.0 Å². The number of nitrogens with zero attached hydrogens (tertiary/aromatic N) is 2. The number of hydrogen-bond donors (Lipinski definition) is 1. The first-order valence-corrected chi connectivity index (χ1v) is 6.36. The predicted octanol–water partition coefficient (Wildman–Crippen LogP) is 3.02. The smallest absolute Gasteiger partial charge is 0.135 e. The molecule has 3 nitrogen and oxygen atoms in total. The molecule has 1 N–H and O–H groups in total. The maximum Gasteiger partial charge on any atom is 0.135 e. The summed E-state index contributed by atoms with van der Waals surface area (Å²) in [6.45, 7) is 0.0167. The highest BCUT2D eigenvalue weighted by atomic mass is 79.9. The lowest BCUT2D eigenvalue weighted by Gasteiger charge is -2.28. The number of aliphatic hydroxyl groups is 1. The van der Waals surface area contributed by atoms with E-state index in [4.69, 9.17) is 0 Å². The molecule has 84 valence electrons. The van der Waals surface area contributed by atoms with E-state index in [-0.39, 0.29) is 6.61 Å². The van der Waals surface area contributed by atoms with E-state index in [2.05, 4.69) is 31.5 Å². The lowest BCUT2D eigenvalue weighted by atomic mass is 9.92. The Hall–Kier alpha value is -0.870. The van der Waals surface area contributed by atoms with Crippen LogP contribution in [0.2, 0.25) is 0 Å². The van der Waals surface area contributed by atoms with Crippen LogP contribution in [0.4, 0.5) is 0 Å². The van der Waals surface area contributed by atoms with Crippen LogP contribution in [0, 0.1) is 0 Å². The van der Waals surface area contributed by atoms with Crippen molar-refractivity contribution >= 4 is 27.0 Å². The highest BCUT2D eigenvalue weighted by Crippen LogP contribution is 2.36. The van der Waals surface area contributed by atoms with Crippen molar-refractivity contribution < 1.29 is 5.11 Å². The van der Waals surface area contributed by atoms with Gasteiger partial charge in [-0.05, 0) is 37.5 Å². The number of aromatic nitrogens is 2. The lowest BCUT2D eigenvalue weighted by Crippen LogP contribution is -2.19. The second-order valence-corrected chi connectivity index (χ2v) is 5.19. The van der Waals surface area contributed by atoms with Crippen molar-refractivity contribution in [2.45, 2.75) is 31.9 Å². The second kappa shape index (κ2) is 3.86. The van der Waals surface area contributed by atoms with Crippen LogP contribution >= 0.6 is 15.9 Å². The van der Waals surface area contributed by atoms with E-state index in [9.17, 15) is 5.11 Å². The molecule has 1 aromatic carbocycles. The van der Waals surface area contributed by atoms with Crippen molar-refractivity contribution in [3.8, 4) is 0 Å². The molecule has 1 fully saturated rings. The van der Waals surface area contributed by atoms with Gasteiger partial charge in [0, 0.05) is 10.5 Å². The van der Waals surface area contributed by atoms with E-state index in [0.717, 1.165) is 21.3 Å². The van der Waals surface area contributed by atoms with Gasteiger partial charge in [-0.1, -0.05) is 15.9 Å². The van der Waals surface area contributed by atoms with E-state index in [1.165, 1.54) is 19.3 Å². The third kappa shape index (κ3) is 1.48. The van der Waals surface area contributed by atoms with Crippen LogP contribution < -0.4 is 0 Å². The van der Waals surface area contributed by atoms with Gasteiger partial charge < -0.3 is 9.67 Å². The van der Waals surface area contributed by atoms with Gasteiger partial charge in [0.2, 0.25) is 0 Å². The summed E-state index contributed by atoms with van der Waals surface area (Å²) in [7, 11) is 0. The minimum atomic E-state index is 0.0167. The molecule has 1 saturated carbocycles. The van der Waals surface area contributed by atoms with Gasteiger partial charge in [-0.25, -0.2) is 4.98 Å². The lowest BCUT2D eigenvalue weighted by molar-refractivity contribution is 0.243. The molecule has 1 aliphatic rings. The number of imidazole rings is 1. The summed E-state index contributed by atoms with van der Waals surface area (Å²) in [5, 5.41) is 9.36. The fourth-order valence-corrected chi connectivity index (χ4v) is 2.63. The fourth-order valence-electron chi connectivity index (χ4n) is 2.29. The van der Waals surface area contributed by atoms with E-state index >= 15 is 0 Å². The van der Waals surface area contributed by atoms with E-state index in [1.807, 2.05) is 12.1 Å². The summed E-state index contributed by atoms with van der Waals surface area (Å²) in [6.07, 6.45) is 3.69. The minimum Gasteiger partial charge on any atom is -0.388 e. The number of aliphatic hydroxyl groups excluding tert-OH is 1. The summed E-state index contributed by atoms with van der Waals surface area (Å²) >= 11 is 3.44. The summed E-state index contributed by atoms with van der Waals surface area (Å²) in [5.41, 5.74) is 2.10. The monoisotopic (exact) mass is 280 g/mol. The third-order valence-corrected chi connectivity index (χ3v) is 3.80. The van der Waals surface area contributed by atoms with Crippen molar-refractivity contribution in [1.82, 2.24) is 9.55 Å². The second-order valence-electron chi connectivity index (χ2n) is 4.27. The number of benzene rings is 1. The molecule has 16 heavy (non-hydrogen) atoms. The molecular weight excluding hydrogens is 268 g/mol. The quantitative estimate of drug-likeness (QED) is 0.918. The van der Waals surface area contributed by atoms with Crippen molar-refractivity contribution in [2.24, 2.45) is 0 Å². The Kier molecular flexibility index (Phi) is 2.48. The highest BCUT2D eigenvalue weighted by Gasteiger charge is 2.24. The Morgan fingerprint density at radius 2 is 2.25 bits per heavy atom. The van der Waals surface area contributed by atoms with E-state index in [1.54, 1.807) is 0 Å². The van der Waals surface area contributed by atoms with Gasteiger partial charge in [-0.2, -0.15) is 0 Å².